The molecule has 2 aliphatic rings. The van der Waals surface area contributed by atoms with Gasteiger partial charge in [-0.1, -0.05) is 38.1 Å². The fourth-order valence-corrected chi connectivity index (χ4v) is 4.29. The van der Waals surface area contributed by atoms with Crippen LogP contribution in [0, 0.1) is 0 Å². The van der Waals surface area contributed by atoms with Gasteiger partial charge < -0.3 is 4.90 Å². The van der Waals surface area contributed by atoms with E-state index in [1.807, 2.05) is 0 Å². The van der Waals surface area contributed by atoms with Crippen LogP contribution < -0.4 is 5.32 Å². The molecule has 0 radical (unpaired) electrons. The molecule has 2 heterocycles. The van der Waals surface area contributed by atoms with Crippen LogP contribution in [0.2, 0.25) is 0 Å². The average molecular weight is 290 g/mol. The predicted octanol–water partition coefficient (Wildman–Crippen LogP) is 2.53. The highest BCUT2D eigenvalue weighted by molar-refractivity contribution is 8.00. The van der Waals surface area contributed by atoms with E-state index >= 15 is 0 Å². The molecule has 0 bridgehead atoms. The van der Waals surface area contributed by atoms with Crippen molar-refractivity contribution in [2.45, 2.75) is 31.8 Å². The van der Waals surface area contributed by atoms with E-state index in [2.05, 4.69) is 48.3 Å². The van der Waals surface area contributed by atoms with Crippen LogP contribution in [0.5, 0.6) is 0 Å². The summed E-state index contributed by atoms with van der Waals surface area (Å²) in [5.41, 5.74) is 2.29. The van der Waals surface area contributed by atoms with Crippen LogP contribution in [-0.4, -0.2) is 35.4 Å². The van der Waals surface area contributed by atoms with Crippen molar-refractivity contribution >= 4 is 17.7 Å². The highest BCUT2D eigenvalue weighted by atomic mass is 32.2. The molecule has 2 saturated heterocycles. The van der Waals surface area contributed by atoms with Crippen LogP contribution in [0.3, 0.4) is 0 Å². The third-order valence-electron chi connectivity index (χ3n) is 4.33. The molecule has 1 amide bonds. The number of benzene rings is 1. The predicted molar refractivity (Wildman–Crippen MR) is 83.9 cm³/mol. The zero-order valence-electron chi connectivity index (χ0n) is 12.2. The van der Waals surface area contributed by atoms with Gasteiger partial charge in [0.2, 0.25) is 5.91 Å². The fraction of sp³-hybridized carbons (Fsp3) is 0.562. The Balaban J connectivity index is 1.97. The van der Waals surface area contributed by atoms with Gasteiger partial charge in [0.15, 0.2) is 0 Å². The number of hydrogen-bond acceptors (Lipinski definition) is 3. The summed E-state index contributed by atoms with van der Waals surface area (Å²) in [4.78, 5) is 14.3. The Hall–Kier alpha value is -1.00. The molecule has 0 spiro atoms. The van der Waals surface area contributed by atoms with E-state index in [0.29, 0.717) is 11.7 Å². The van der Waals surface area contributed by atoms with Gasteiger partial charge in [-0.2, -0.15) is 0 Å². The summed E-state index contributed by atoms with van der Waals surface area (Å²) in [5.74, 6) is 2.37. The molecule has 1 aromatic carbocycles. The fourth-order valence-electron chi connectivity index (χ4n) is 3.13. The number of carbonyl (C=O) groups is 1. The summed E-state index contributed by atoms with van der Waals surface area (Å²) in [5, 5.41) is 3.61. The molecule has 0 saturated carbocycles. The van der Waals surface area contributed by atoms with Gasteiger partial charge in [0.25, 0.3) is 0 Å². The smallest absolute Gasteiger partial charge is 0.234 e. The van der Waals surface area contributed by atoms with Crippen molar-refractivity contribution in [2.24, 2.45) is 0 Å². The summed E-state index contributed by atoms with van der Waals surface area (Å²) in [7, 11) is 0. The minimum absolute atomic E-state index is 0.265. The zero-order chi connectivity index (χ0) is 14.2. The van der Waals surface area contributed by atoms with Crippen LogP contribution in [0.1, 0.15) is 37.3 Å². The number of fused-ring (bicyclic) bond motifs is 1. The van der Waals surface area contributed by atoms with Gasteiger partial charge in [0.1, 0.15) is 5.66 Å². The Morgan fingerprint density at radius 3 is 2.75 bits per heavy atom. The lowest BCUT2D eigenvalue weighted by Crippen LogP contribution is -2.66. The lowest BCUT2D eigenvalue weighted by atomic mass is 9.93. The normalized spacial score (nSPS) is 26.8. The topological polar surface area (TPSA) is 32.3 Å². The largest absolute Gasteiger partial charge is 0.319 e. The molecule has 2 aliphatic heterocycles. The first-order valence-electron chi connectivity index (χ1n) is 7.37. The molecule has 1 unspecified atom stereocenters. The minimum atomic E-state index is -0.284. The standard InChI is InChI=1S/C16H22N2OS/c1-12(2)13-4-6-14(7-5-13)16-11-20-10-15(19)18(16)9-3-8-17-16/h4-7,12,17H,3,8-11H2,1-2H3. The molecule has 3 rings (SSSR count). The molecule has 1 aromatic rings. The summed E-state index contributed by atoms with van der Waals surface area (Å²) in [6, 6.07) is 8.79. The number of hydrogen-bond donors (Lipinski definition) is 1. The Kier molecular flexibility index (Phi) is 3.78. The number of nitrogens with zero attached hydrogens (tertiary/aromatic N) is 1. The Morgan fingerprint density at radius 2 is 2.05 bits per heavy atom. The van der Waals surface area contributed by atoms with Crippen LogP contribution in [-0.2, 0) is 10.5 Å². The van der Waals surface area contributed by atoms with Gasteiger partial charge in [0.05, 0.1) is 5.75 Å². The van der Waals surface area contributed by atoms with Crippen LogP contribution in [0.25, 0.3) is 0 Å². The van der Waals surface area contributed by atoms with Crippen LogP contribution in [0.4, 0.5) is 0 Å². The molecule has 20 heavy (non-hydrogen) atoms. The lowest BCUT2D eigenvalue weighted by molar-refractivity contribution is -0.138. The molecular formula is C16H22N2OS. The molecule has 0 aliphatic carbocycles. The van der Waals surface area contributed by atoms with Gasteiger partial charge in [-0.15, -0.1) is 11.8 Å². The Bertz CT molecular complexity index is 496. The second kappa shape index (κ2) is 5.41. The zero-order valence-corrected chi connectivity index (χ0v) is 13.0. The maximum absolute atomic E-state index is 12.2. The van der Waals surface area contributed by atoms with Gasteiger partial charge in [-0.05, 0) is 30.0 Å². The summed E-state index contributed by atoms with van der Waals surface area (Å²) in [6.07, 6.45) is 1.04. The van der Waals surface area contributed by atoms with Gasteiger partial charge in [0, 0.05) is 12.3 Å². The third-order valence-corrected chi connectivity index (χ3v) is 5.40. The second-order valence-corrected chi connectivity index (χ2v) is 6.94. The molecule has 108 valence electrons. The number of rotatable bonds is 2. The molecule has 2 fully saturated rings. The van der Waals surface area contributed by atoms with E-state index in [1.165, 1.54) is 11.1 Å². The molecule has 4 heteroatoms. The monoisotopic (exact) mass is 290 g/mol. The van der Waals surface area contributed by atoms with Crippen molar-refractivity contribution < 1.29 is 4.79 Å². The Labute approximate surface area is 125 Å². The molecule has 1 atom stereocenters. The van der Waals surface area contributed by atoms with Crippen LogP contribution in [0.15, 0.2) is 24.3 Å². The first kappa shape index (κ1) is 14.0. The lowest BCUT2D eigenvalue weighted by Gasteiger charge is -2.50. The number of amides is 1. The van der Waals surface area contributed by atoms with Gasteiger partial charge >= 0.3 is 0 Å². The molecule has 1 N–H and O–H groups in total. The molecular weight excluding hydrogens is 268 g/mol. The van der Waals surface area contributed by atoms with Crippen molar-refractivity contribution in [1.82, 2.24) is 10.2 Å². The maximum atomic E-state index is 12.2. The molecule has 3 nitrogen and oxygen atoms in total. The summed E-state index contributed by atoms with van der Waals surface area (Å²) < 4.78 is 0. The van der Waals surface area contributed by atoms with Gasteiger partial charge in [-0.25, -0.2) is 0 Å². The first-order valence-corrected chi connectivity index (χ1v) is 8.53. The minimum Gasteiger partial charge on any atom is -0.319 e. The molecule has 0 aromatic heterocycles. The van der Waals surface area contributed by atoms with E-state index in [9.17, 15) is 4.79 Å². The second-order valence-electron chi connectivity index (χ2n) is 5.96. The number of carbonyl (C=O) groups excluding carboxylic acids is 1. The number of thioether (sulfide) groups is 1. The Morgan fingerprint density at radius 1 is 1.30 bits per heavy atom. The van der Waals surface area contributed by atoms with Crippen molar-refractivity contribution in [3.05, 3.63) is 35.4 Å². The van der Waals surface area contributed by atoms with E-state index in [4.69, 9.17) is 0 Å². The van der Waals surface area contributed by atoms with E-state index in [1.54, 1.807) is 11.8 Å². The maximum Gasteiger partial charge on any atom is 0.234 e. The van der Waals surface area contributed by atoms with E-state index in [-0.39, 0.29) is 11.6 Å². The van der Waals surface area contributed by atoms with Crippen LogP contribution >= 0.6 is 11.8 Å². The quantitative estimate of drug-likeness (QED) is 0.908. The third kappa shape index (κ3) is 2.25. The summed E-state index contributed by atoms with van der Waals surface area (Å²) >= 11 is 1.74. The number of nitrogens with one attached hydrogen (secondary N) is 1. The van der Waals surface area contributed by atoms with Crippen molar-refractivity contribution in [3.8, 4) is 0 Å². The highest BCUT2D eigenvalue weighted by Gasteiger charge is 2.45. The van der Waals surface area contributed by atoms with Crippen molar-refractivity contribution in [2.75, 3.05) is 24.6 Å². The van der Waals surface area contributed by atoms with E-state index < -0.39 is 0 Å². The van der Waals surface area contributed by atoms with E-state index in [0.717, 1.165) is 25.3 Å². The SMILES string of the molecule is CC(C)c1ccc(C23CSCC(=O)N2CCCN3)cc1. The van der Waals surface area contributed by atoms with Crippen molar-refractivity contribution in [3.63, 3.8) is 0 Å². The van der Waals surface area contributed by atoms with Crippen molar-refractivity contribution in [1.29, 1.82) is 0 Å². The summed E-state index contributed by atoms with van der Waals surface area (Å²) in [6.45, 7) is 6.27. The van der Waals surface area contributed by atoms with Gasteiger partial charge in [-0.3, -0.25) is 10.1 Å². The average Bonchev–Trinajstić information content (AvgIpc) is 2.48. The first-order chi connectivity index (χ1) is 9.63. The highest BCUT2D eigenvalue weighted by Crippen LogP contribution is 2.36.